The van der Waals surface area contributed by atoms with E-state index in [1.54, 1.807) is 12.1 Å². The van der Waals surface area contributed by atoms with Crippen molar-refractivity contribution in [3.05, 3.63) is 47.8 Å². The van der Waals surface area contributed by atoms with Crippen LogP contribution in [0.1, 0.15) is 5.56 Å². The first-order chi connectivity index (χ1) is 16.4. The minimum atomic E-state index is -1.82. The predicted molar refractivity (Wildman–Crippen MR) is 124 cm³/mol. The number of hydrogen-bond acceptors (Lipinski definition) is 7. The van der Waals surface area contributed by atoms with Crippen LogP contribution >= 0.6 is 0 Å². The van der Waals surface area contributed by atoms with Gasteiger partial charge in [-0.25, -0.2) is 14.0 Å². The molecule has 9 nitrogen and oxygen atoms in total. The van der Waals surface area contributed by atoms with Gasteiger partial charge in [-0.3, -0.25) is 4.90 Å². The molecule has 3 heterocycles. The van der Waals surface area contributed by atoms with Crippen molar-refractivity contribution in [1.82, 2.24) is 4.90 Å². The topological polar surface area (TPSA) is 103 Å². The first-order valence-corrected chi connectivity index (χ1v) is 11.3. The molecule has 10 heteroatoms. The van der Waals surface area contributed by atoms with Gasteiger partial charge in [-0.2, -0.15) is 0 Å². The molecule has 182 valence electrons. The van der Waals surface area contributed by atoms with Gasteiger partial charge in [0.1, 0.15) is 19.0 Å². The molecule has 0 aliphatic carbocycles. The van der Waals surface area contributed by atoms with Crippen LogP contribution < -0.4 is 19.3 Å². The number of hydrogen-bond donors (Lipinski definition) is 2. The van der Waals surface area contributed by atoms with Crippen molar-refractivity contribution in [2.24, 2.45) is 0 Å². The number of rotatable bonds is 4. The predicted octanol–water partition coefficient (Wildman–Crippen LogP) is 1.94. The van der Waals surface area contributed by atoms with E-state index >= 15 is 0 Å². The molecule has 2 N–H and O–H groups in total. The summed E-state index contributed by atoms with van der Waals surface area (Å²) >= 11 is 0. The second-order valence-electron chi connectivity index (χ2n) is 8.25. The number of nitrogens with zero attached hydrogens (tertiary/aromatic N) is 3. The first-order valence-electron chi connectivity index (χ1n) is 11.3. The Balaban J connectivity index is 0.000000408. The van der Waals surface area contributed by atoms with E-state index in [9.17, 15) is 4.39 Å². The highest BCUT2D eigenvalue weighted by atomic mass is 19.1. The largest absolute Gasteiger partial charge is 0.486 e. The van der Waals surface area contributed by atoms with E-state index in [1.165, 1.54) is 5.69 Å². The molecule has 5 rings (SSSR count). The van der Waals surface area contributed by atoms with Gasteiger partial charge < -0.3 is 29.5 Å². The summed E-state index contributed by atoms with van der Waals surface area (Å²) in [6.45, 7) is 8.31. The van der Waals surface area contributed by atoms with Crippen LogP contribution in [0.5, 0.6) is 11.5 Å². The Morgan fingerprint density at radius 1 is 0.882 bits per heavy atom. The van der Waals surface area contributed by atoms with Gasteiger partial charge in [0.15, 0.2) is 11.5 Å². The zero-order valence-corrected chi connectivity index (χ0v) is 18.8. The first kappa shape index (κ1) is 23.6. The zero-order valence-electron chi connectivity index (χ0n) is 18.8. The lowest BCUT2D eigenvalue weighted by Crippen LogP contribution is -2.48. The summed E-state index contributed by atoms with van der Waals surface area (Å²) in [5.41, 5.74) is 3.49. The van der Waals surface area contributed by atoms with Crippen LogP contribution in [0.15, 0.2) is 36.4 Å². The van der Waals surface area contributed by atoms with E-state index < -0.39 is 11.9 Å². The highest BCUT2D eigenvalue weighted by Crippen LogP contribution is 2.39. The van der Waals surface area contributed by atoms with E-state index in [2.05, 4.69) is 20.8 Å². The number of carboxylic acids is 2. The number of carboxylic acid groups (broad SMARTS) is 2. The van der Waals surface area contributed by atoms with E-state index in [0.29, 0.717) is 13.2 Å². The SMILES string of the molecule is Fc1ccc2c(c1)CCN2CCN1CCN(c2cccc3c2OCCO3)CC1.O=C(O)C(=O)O. The smallest absolute Gasteiger partial charge is 0.414 e. The number of ether oxygens (including phenoxy) is 2. The van der Waals surface area contributed by atoms with Gasteiger partial charge in [-0.05, 0) is 42.3 Å². The fourth-order valence-corrected chi connectivity index (χ4v) is 4.45. The lowest BCUT2D eigenvalue weighted by Gasteiger charge is -2.38. The van der Waals surface area contributed by atoms with Gasteiger partial charge in [-0.15, -0.1) is 0 Å². The van der Waals surface area contributed by atoms with E-state index in [0.717, 1.165) is 75.0 Å². The van der Waals surface area contributed by atoms with Crippen LogP contribution in [-0.4, -0.2) is 86.1 Å². The highest BCUT2D eigenvalue weighted by molar-refractivity contribution is 6.27. The molecule has 0 bridgehead atoms. The Bertz CT molecular complexity index is 1030. The Labute approximate surface area is 196 Å². The number of para-hydroxylation sites is 1. The van der Waals surface area contributed by atoms with Crippen molar-refractivity contribution in [2.45, 2.75) is 6.42 Å². The third-order valence-corrected chi connectivity index (χ3v) is 6.16. The Morgan fingerprint density at radius 3 is 2.35 bits per heavy atom. The lowest BCUT2D eigenvalue weighted by atomic mass is 10.1. The third-order valence-electron chi connectivity index (χ3n) is 6.16. The number of carbonyl (C=O) groups is 2. The summed E-state index contributed by atoms with van der Waals surface area (Å²) in [5, 5.41) is 14.8. The minimum Gasteiger partial charge on any atom is -0.486 e. The number of piperazine rings is 1. The highest BCUT2D eigenvalue weighted by Gasteiger charge is 2.25. The van der Waals surface area contributed by atoms with Crippen molar-refractivity contribution in [2.75, 3.05) is 68.8 Å². The molecule has 1 fully saturated rings. The number of anilines is 2. The molecule has 2 aromatic rings. The Kier molecular flexibility index (Phi) is 7.36. The van der Waals surface area contributed by atoms with Crippen LogP contribution in [0.2, 0.25) is 0 Å². The molecular formula is C24H28FN3O6. The van der Waals surface area contributed by atoms with Crippen molar-refractivity contribution in [1.29, 1.82) is 0 Å². The van der Waals surface area contributed by atoms with E-state index in [4.69, 9.17) is 29.3 Å². The summed E-state index contributed by atoms with van der Waals surface area (Å²) < 4.78 is 25.0. The van der Waals surface area contributed by atoms with Crippen LogP contribution in [0.3, 0.4) is 0 Å². The quantitative estimate of drug-likeness (QED) is 0.645. The molecule has 0 spiro atoms. The summed E-state index contributed by atoms with van der Waals surface area (Å²) in [7, 11) is 0. The molecule has 34 heavy (non-hydrogen) atoms. The van der Waals surface area contributed by atoms with Crippen LogP contribution in [0, 0.1) is 5.82 Å². The second-order valence-corrected chi connectivity index (χ2v) is 8.25. The van der Waals surface area contributed by atoms with Gasteiger partial charge in [-0.1, -0.05) is 6.07 Å². The lowest BCUT2D eigenvalue weighted by molar-refractivity contribution is -0.159. The van der Waals surface area contributed by atoms with Crippen molar-refractivity contribution < 1.29 is 33.7 Å². The fourth-order valence-electron chi connectivity index (χ4n) is 4.45. The van der Waals surface area contributed by atoms with Crippen LogP contribution in [0.4, 0.5) is 15.8 Å². The van der Waals surface area contributed by atoms with Crippen molar-refractivity contribution in [3.63, 3.8) is 0 Å². The van der Waals surface area contributed by atoms with E-state index in [-0.39, 0.29) is 5.82 Å². The fraction of sp³-hybridized carbons (Fsp3) is 0.417. The van der Waals surface area contributed by atoms with Crippen LogP contribution in [-0.2, 0) is 16.0 Å². The average molecular weight is 474 g/mol. The van der Waals surface area contributed by atoms with Gasteiger partial charge in [0.25, 0.3) is 0 Å². The molecule has 3 aliphatic heterocycles. The zero-order chi connectivity index (χ0) is 24.1. The molecule has 0 radical (unpaired) electrons. The van der Waals surface area contributed by atoms with Gasteiger partial charge in [0.05, 0.1) is 5.69 Å². The molecular weight excluding hydrogens is 445 g/mol. The Hall–Kier alpha value is -3.53. The normalized spacial score (nSPS) is 17.0. The molecule has 0 unspecified atom stereocenters. The molecule has 0 saturated carbocycles. The summed E-state index contributed by atoms with van der Waals surface area (Å²) in [6.07, 6.45) is 0.946. The Morgan fingerprint density at radius 2 is 1.62 bits per heavy atom. The number of fused-ring (bicyclic) bond motifs is 2. The van der Waals surface area contributed by atoms with Gasteiger partial charge in [0, 0.05) is 51.5 Å². The maximum Gasteiger partial charge on any atom is 0.414 e. The number of halogens is 1. The summed E-state index contributed by atoms with van der Waals surface area (Å²) in [5.74, 6) is -2.03. The number of aliphatic carboxylic acids is 2. The minimum absolute atomic E-state index is 0.130. The van der Waals surface area contributed by atoms with E-state index in [1.807, 2.05) is 18.2 Å². The molecule has 1 saturated heterocycles. The van der Waals surface area contributed by atoms with Crippen molar-refractivity contribution >= 4 is 23.3 Å². The summed E-state index contributed by atoms with van der Waals surface area (Å²) in [4.78, 5) is 25.5. The molecule has 3 aliphatic rings. The van der Waals surface area contributed by atoms with Crippen LogP contribution in [0.25, 0.3) is 0 Å². The maximum atomic E-state index is 13.4. The second kappa shape index (κ2) is 10.6. The average Bonchev–Trinajstić information content (AvgIpc) is 3.25. The molecule has 2 aromatic carbocycles. The molecule has 0 atom stereocenters. The summed E-state index contributed by atoms with van der Waals surface area (Å²) in [6, 6.07) is 11.3. The van der Waals surface area contributed by atoms with Gasteiger partial charge in [0.2, 0.25) is 0 Å². The monoisotopic (exact) mass is 473 g/mol. The van der Waals surface area contributed by atoms with Crippen molar-refractivity contribution in [3.8, 4) is 11.5 Å². The standard InChI is InChI=1S/C22H26FN3O2.C2H2O4/c23-18-4-5-19-17(16-18)6-7-25(19)11-8-24-9-12-26(13-10-24)20-2-1-3-21-22(20)28-15-14-27-21;3-1(4)2(5)6/h1-5,16H,6-15H2;(H,3,4)(H,5,6). The third kappa shape index (κ3) is 5.51. The maximum absolute atomic E-state index is 13.4. The number of benzene rings is 2. The molecule has 0 aromatic heterocycles. The molecule has 0 amide bonds. The van der Waals surface area contributed by atoms with Gasteiger partial charge >= 0.3 is 11.9 Å².